The van der Waals surface area contributed by atoms with E-state index in [0.717, 1.165) is 23.5 Å². The van der Waals surface area contributed by atoms with Crippen LogP contribution in [0.25, 0.3) is 0 Å². The molecule has 1 amide bonds. The number of halogens is 3. The Morgan fingerprint density at radius 1 is 1.19 bits per heavy atom. The van der Waals surface area contributed by atoms with E-state index in [-0.39, 0.29) is 11.7 Å². The lowest BCUT2D eigenvalue weighted by Gasteiger charge is -2.15. The molecular formula is C17H18F3N3O2S. The van der Waals surface area contributed by atoms with Gasteiger partial charge >= 0.3 is 6.36 Å². The summed E-state index contributed by atoms with van der Waals surface area (Å²) >= 11 is 1.25. The molecule has 140 valence electrons. The van der Waals surface area contributed by atoms with Gasteiger partial charge in [-0.05, 0) is 50.6 Å². The highest BCUT2D eigenvalue weighted by atomic mass is 32.2. The third-order valence-corrected chi connectivity index (χ3v) is 4.45. The molecule has 1 aromatic carbocycles. The third-order valence-electron chi connectivity index (χ3n) is 3.23. The number of anilines is 1. The summed E-state index contributed by atoms with van der Waals surface area (Å²) in [5.74, 6) is -0.620. The quantitative estimate of drug-likeness (QED) is 0.586. The Balaban J connectivity index is 2.02. The van der Waals surface area contributed by atoms with E-state index in [2.05, 4.69) is 20.0 Å². The number of carbonyl (C=O) groups is 1. The number of ether oxygens (including phenoxy) is 1. The molecule has 2 rings (SSSR count). The average Bonchev–Trinajstić information content (AvgIpc) is 2.52. The molecular weight excluding hydrogens is 367 g/mol. The molecule has 1 N–H and O–H groups in total. The Morgan fingerprint density at radius 3 is 2.27 bits per heavy atom. The predicted molar refractivity (Wildman–Crippen MR) is 93.2 cm³/mol. The van der Waals surface area contributed by atoms with E-state index in [4.69, 9.17) is 0 Å². The summed E-state index contributed by atoms with van der Waals surface area (Å²) in [4.78, 5) is 21.0. The second-order valence-electron chi connectivity index (χ2n) is 5.51. The molecule has 1 atom stereocenters. The number of nitrogens with zero attached hydrogens (tertiary/aromatic N) is 2. The maximum atomic E-state index is 12.4. The van der Waals surface area contributed by atoms with Crippen molar-refractivity contribution < 1.29 is 22.7 Å². The molecule has 0 unspecified atom stereocenters. The van der Waals surface area contributed by atoms with Crippen LogP contribution in [0.4, 0.5) is 18.9 Å². The molecule has 0 aliphatic heterocycles. The number of aromatic nitrogens is 2. The van der Waals surface area contributed by atoms with Crippen LogP contribution in [-0.2, 0) is 4.79 Å². The van der Waals surface area contributed by atoms with Crippen LogP contribution in [0.1, 0.15) is 24.7 Å². The fourth-order valence-corrected chi connectivity index (χ4v) is 3.14. The Kier molecular flexibility index (Phi) is 6.47. The largest absolute Gasteiger partial charge is 0.573 e. The molecule has 0 radical (unpaired) electrons. The standard InChI is InChI=1S/C17H18F3N3O2S/c1-4-14(26-16-21-10(2)9-11(3)22-16)15(24)23-12-5-7-13(8-6-12)25-17(18,19)20/h5-9,14H,4H2,1-3H3,(H,23,24)/t14-/m1/s1. The van der Waals surface area contributed by atoms with Gasteiger partial charge in [0.25, 0.3) is 0 Å². The number of benzene rings is 1. The van der Waals surface area contributed by atoms with Crippen LogP contribution in [0, 0.1) is 13.8 Å². The van der Waals surface area contributed by atoms with Gasteiger partial charge in [0.2, 0.25) is 5.91 Å². The van der Waals surface area contributed by atoms with E-state index in [9.17, 15) is 18.0 Å². The maximum absolute atomic E-state index is 12.4. The lowest BCUT2D eigenvalue weighted by atomic mass is 10.2. The Morgan fingerprint density at radius 2 is 1.77 bits per heavy atom. The Bertz CT molecular complexity index is 747. The van der Waals surface area contributed by atoms with Crippen LogP contribution in [0.5, 0.6) is 5.75 Å². The minimum Gasteiger partial charge on any atom is -0.406 e. The molecule has 0 aliphatic carbocycles. The number of nitrogens with one attached hydrogen (secondary N) is 1. The molecule has 0 spiro atoms. The Labute approximate surface area is 153 Å². The molecule has 0 aliphatic rings. The summed E-state index contributed by atoms with van der Waals surface area (Å²) in [5, 5.41) is 2.76. The lowest BCUT2D eigenvalue weighted by molar-refractivity contribution is -0.274. The van der Waals surface area contributed by atoms with Gasteiger partial charge in [0.05, 0.1) is 5.25 Å². The van der Waals surface area contributed by atoms with Gasteiger partial charge in [0.1, 0.15) is 5.75 Å². The smallest absolute Gasteiger partial charge is 0.406 e. The van der Waals surface area contributed by atoms with Crippen molar-refractivity contribution in [3.8, 4) is 5.75 Å². The number of carbonyl (C=O) groups excluding carboxylic acids is 1. The van der Waals surface area contributed by atoms with E-state index in [1.165, 1.54) is 23.9 Å². The number of alkyl halides is 3. The first-order valence-electron chi connectivity index (χ1n) is 7.82. The third kappa shape index (κ3) is 6.21. The number of hydrogen-bond donors (Lipinski definition) is 1. The van der Waals surface area contributed by atoms with Gasteiger partial charge in [-0.2, -0.15) is 0 Å². The van der Waals surface area contributed by atoms with Crippen LogP contribution in [0.15, 0.2) is 35.5 Å². The van der Waals surface area contributed by atoms with Crippen molar-refractivity contribution in [2.75, 3.05) is 5.32 Å². The van der Waals surface area contributed by atoms with E-state index in [0.29, 0.717) is 17.3 Å². The molecule has 0 bridgehead atoms. The summed E-state index contributed by atoms with van der Waals surface area (Å²) < 4.78 is 40.3. The van der Waals surface area contributed by atoms with Crippen LogP contribution < -0.4 is 10.1 Å². The Hall–Kier alpha value is -2.29. The monoisotopic (exact) mass is 385 g/mol. The van der Waals surface area contributed by atoms with Crippen LogP contribution in [0.3, 0.4) is 0 Å². The van der Waals surface area contributed by atoms with Gasteiger partial charge in [0.15, 0.2) is 5.16 Å². The molecule has 9 heteroatoms. The summed E-state index contributed by atoms with van der Waals surface area (Å²) in [6.45, 7) is 5.56. The van der Waals surface area contributed by atoms with Crippen molar-refractivity contribution in [2.24, 2.45) is 0 Å². The molecule has 0 saturated carbocycles. The zero-order valence-corrected chi connectivity index (χ0v) is 15.2. The van der Waals surface area contributed by atoms with Crippen molar-refractivity contribution in [3.05, 3.63) is 41.7 Å². The molecule has 2 aromatic rings. The van der Waals surface area contributed by atoms with Gasteiger partial charge in [-0.15, -0.1) is 13.2 Å². The average molecular weight is 385 g/mol. The first kappa shape index (κ1) is 20.0. The zero-order chi connectivity index (χ0) is 19.3. The van der Waals surface area contributed by atoms with Gasteiger partial charge in [-0.25, -0.2) is 9.97 Å². The minimum absolute atomic E-state index is 0.273. The zero-order valence-electron chi connectivity index (χ0n) is 14.4. The number of amides is 1. The number of rotatable bonds is 6. The van der Waals surface area contributed by atoms with Gasteiger partial charge in [0, 0.05) is 17.1 Å². The molecule has 1 aromatic heterocycles. The summed E-state index contributed by atoms with van der Waals surface area (Å²) in [5.41, 5.74) is 2.01. The van der Waals surface area contributed by atoms with Gasteiger partial charge in [-0.3, -0.25) is 4.79 Å². The normalized spacial score (nSPS) is 12.5. The second kappa shape index (κ2) is 8.39. The highest BCUT2D eigenvalue weighted by molar-refractivity contribution is 8.00. The minimum atomic E-state index is -4.75. The molecule has 26 heavy (non-hydrogen) atoms. The van der Waals surface area contributed by atoms with Crippen molar-refractivity contribution in [1.29, 1.82) is 0 Å². The topological polar surface area (TPSA) is 64.1 Å². The summed E-state index contributed by atoms with van der Waals surface area (Å²) in [6, 6.07) is 6.83. The lowest BCUT2D eigenvalue weighted by Crippen LogP contribution is -2.25. The first-order valence-corrected chi connectivity index (χ1v) is 8.70. The molecule has 0 saturated heterocycles. The van der Waals surface area contributed by atoms with E-state index >= 15 is 0 Å². The van der Waals surface area contributed by atoms with Crippen molar-refractivity contribution in [1.82, 2.24) is 9.97 Å². The van der Waals surface area contributed by atoms with Crippen LogP contribution in [-0.4, -0.2) is 27.5 Å². The summed E-state index contributed by atoms with van der Waals surface area (Å²) in [6.07, 6.45) is -4.21. The fraction of sp³-hybridized carbons (Fsp3) is 0.353. The maximum Gasteiger partial charge on any atom is 0.573 e. The second-order valence-corrected chi connectivity index (χ2v) is 6.68. The molecule has 5 nitrogen and oxygen atoms in total. The van der Waals surface area contributed by atoms with E-state index < -0.39 is 11.6 Å². The van der Waals surface area contributed by atoms with Crippen LogP contribution in [0.2, 0.25) is 0 Å². The van der Waals surface area contributed by atoms with E-state index in [1.54, 1.807) is 0 Å². The van der Waals surface area contributed by atoms with Crippen LogP contribution >= 0.6 is 11.8 Å². The van der Waals surface area contributed by atoms with Gasteiger partial charge < -0.3 is 10.1 Å². The molecule has 0 fully saturated rings. The van der Waals surface area contributed by atoms with Gasteiger partial charge in [-0.1, -0.05) is 18.7 Å². The number of hydrogen-bond acceptors (Lipinski definition) is 5. The fourth-order valence-electron chi connectivity index (χ4n) is 2.16. The summed E-state index contributed by atoms with van der Waals surface area (Å²) in [7, 11) is 0. The molecule has 1 heterocycles. The van der Waals surface area contributed by atoms with Crippen molar-refractivity contribution >= 4 is 23.4 Å². The number of aryl methyl sites for hydroxylation is 2. The first-order chi connectivity index (χ1) is 12.2. The predicted octanol–water partition coefficient (Wildman–Crippen LogP) is 4.50. The highest BCUT2D eigenvalue weighted by Gasteiger charge is 2.31. The number of thioether (sulfide) groups is 1. The van der Waals surface area contributed by atoms with Crippen molar-refractivity contribution in [2.45, 2.75) is 44.0 Å². The van der Waals surface area contributed by atoms with E-state index in [1.807, 2.05) is 26.8 Å². The highest BCUT2D eigenvalue weighted by Crippen LogP contribution is 2.26. The SMILES string of the molecule is CC[C@@H](Sc1nc(C)cc(C)n1)C(=O)Nc1ccc(OC(F)(F)F)cc1. The van der Waals surface area contributed by atoms with Crippen molar-refractivity contribution in [3.63, 3.8) is 0 Å².